The minimum Gasteiger partial charge on any atom is -0.447 e. The monoisotopic (exact) mass is 302 g/mol. The quantitative estimate of drug-likeness (QED) is 0.709. The van der Waals surface area contributed by atoms with Crippen LogP contribution in [-0.2, 0) is 4.57 Å². The Kier molecular flexibility index (Phi) is 3.26. The second-order valence-electron chi connectivity index (χ2n) is 4.52. The van der Waals surface area contributed by atoms with E-state index < -0.39 is 18.5 Å². The second kappa shape index (κ2) is 4.97. The molecule has 0 radical (unpaired) electrons. The van der Waals surface area contributed by atoms with Crippen LogP contribution in [0.1, 0.15) is 0 Å². The van der Waals surface area contributed by atoms with Crippen molar-refractivity contribution in [2.24, 2.45) is 0 Å². The molecule has 0 saturated heterocycles. The molecule has 2 aromatic carbocycles. The van der Waals surface area contributed by atoms with Crippen molar-refractivity contribution in [3.63, 3.8) is 0 Å². The number of rotatable bonds is 2. The Balaban J connectivity index is 2.49. The maximum atomic E-state index is 12.6. The highest BCUT2D eigenvalue weighted by Gasteiger charge is 2.29. The Morgan fingerprint density at radius 2 is 1.52 bits per heavy atom. The Bertz CT molecular complexity index is 908. The maximum Gasteiger partial charge on any atom is 0.391 e. The van der Waals surface area contributed by atoms with E-state index in [0.29, 0.717) is 5.56 Å². The lowest BCUT2D eigenvalue weighted by atomic mass is 10.1. The Morgan fingerprint density at radius 1 is 0.905 bits per heavy atom. The van der Waals surface area contributed by atoms with Crippen molar-refractivity contribution < 1.29 is 18.8 Å². The van der Waals surface area contributed by atoms with E-state index in [9.17, 15) is 19.1 Å². The van der Waals surface area contributed by atoms with E-state index in [-0.39, 0.29) is 16.5 Å². The number of hydrogen-bond donors (Lipinski definition) is 2. The topological polar surface area (TPSA) is 87.7 Å². The van der Waals surface area contributed by atoms with Crippen molar-refractivity contribution in [3.05, 3.63) is 64.8 Å². The van der Waals surface area contributed by atoms with Gasteiger partial charge in [-0.15, -0.1) is 0 Å². The van der Waals surface area contributed by atoms with E-state index in [1.54, 1.807) is 48.5 Å². The van der Waals surface area contributed by atoms with Gasteiger partial charge in [-0.1, -0.05) is 42.5 Å². The third-order valence-corrected chi connectivity index (χ3v) is 3.95. The summed E-state index contributed by atoms with van der Waals surface area (Å²) in [5.41, 5.74) is -0.586. The molecule has 3 aromatic rings. The van der Waals surface area contributed by atoms with Gasteiger partial charge in [0.25, 0.3) is 0 Å². The molecule has 3 rings (SSSR count). The van der Waals surface area contributed by atoms with Crippen LogP contribution in [0, 0.1) is 0 Å². The summed E-state index contributed by atoms with van der Waals surface area (Å²) in [6.45, 7) is 0. The first-order chi connectivity index (χ1) is 9.98. The fraction of sp³-hybridized carbons (Fsp3) is 0. The Morgan fingerprint density at radius 3 is 2.19 bits per heavy atom. The van der Waals surface area contributed by atoms with Gasteiger partial charge in [0.05, 0.1) is 10.9 Å². The first kappa shape index (κ1) is 13.8. The third kappa shape index (κ3) is 2.43. The van der Waals surface area contributed by atoms with Crippen molar-refractivity contribution in [1.82, 2.24) is 0 Å². The van der Waals surface area contributed by atoms with Crippen LogP contribution in [0.25, 0.3) is 22.1 Å². The van der Waals surface area contributed by atoms with E-state index >= 15 is 0 Å². The van der Waals surface area contributed by atoms with E-state index in [2.05, 4.69) is 0 Å². The van der Waals surface area contributed by atoms with Gasteiger partial charge in [0.1, 0.15) is 5.58 Å². The molecule has 0 aliphatic carbocycles. The van der Waals surface area contributed by atoms with Crippen molar-refractivity contribution in [2.45, 2.75) is 0 Å². The maximum absolute atomic E-state index is 12.6. The predicted octanol–water partition coefficient (Wildman–Crippen LogP) is 2.26. The number of hydrogen-bond acceptors (Lipinski definition) is 3. The van der Waals surface area contributed by atoms with Gasteiger partial charge >= 0.3 is 7.60 Å². The largest absolute Gasteiger partial charge is 0.447 e. The van der Waals surface area contributed by atoms with E-state index in [4.69, 9.17) is 4.42 Å². The third-order valence-electron chi connectivity index (χ3n) is 3.11. The fourth-order valence-electron chi connectivity index (χ4n) is 2.19. The average molecular weight is 302 g/mol. The zero-order valence-electron chi connectivity index (χ0n) is 10.8. The summed E-state index contributed by atoms with van der Waals surface area (Å²) in [5, 5.41) is 0.286. The SMILES string of the molecule is O=c1c(-c2ccccc2)c(P(=O)(O)O)oc2ccccc12. The van der Waals surface area contributed by atoms with Gasteiger partial charge in [0.15, 0.2) is 0 Å². The second-order valence-corrected chi connectivity index (χ2v) is 6.01. The summed E-state index contributed by atoms with van der Waals surface area (Å²) >= 11 is 0. The van der Waals surface area contributed by atoms with Crippen LogP contribution in [0.4, 0.5) is 0 Å². The molecular formula is C15H11O5P. The Hall–Kier alpha value is -2.20. The summed E-state index contributed by atoms with van der Waals surface area (Å²) in [7, 11) is -4.72. The summed E-state index contributed by atoms with van der Waals surface area (Å²) in [6.07, 6.45) is 0. The van der Waals surface area contributed by atoms with Crippen LogP contribution >= 0.6 is 7.60 Å². The molecule has 106 valence electrons. The lowest BCUT2D eigenvalue weighted by Crippen LogP contribution is -2.19. The summed E-state index contributed by atoms with van der Waals surface area (Å²) in [5.74, 6) is 0. The van der Waals surface area contributed by atoms with Gasteiger partial charge in [-0.05, 0) is 17.7 Å². The van der Waals surface area contributed by atoms with Crippen molar-refractivity contribution in [2.75, 3.05) is 0 Å². The highest BCUT2D eigenvalue weighted by atomic mass is 31.2. The van der Waals surface area contributed by atoms with Gasteiger partial charge in [-0.2, -0.15) is 0 Å². The van der Waals surface area contributed by atoms with Crippen LogP contribution in [0.3, 0.4) is 0 Å². The van der Waals surface area contributed by atoms with Gasteiger partial charge in [0.2, 0.25) is 10.9 Å². The van der Waals surface area contributed by atoms with Gasteiger partial charge < -0.3 is 14.2 Å². The van der Waals surface area contributed by atoms with Crippen LogP contribution in [0.5, 0.6) is 0 Å². The van der Waals surface area contributed by atoms with Crippen molar-refractivity contribution >= 4 is 24.1 Å². The Labute approximate surface area is 119 Å². The summed E-state index contributed by atoms with van der Waals surface area (Å²) in [4.78, 5) is 31.6. The van der Waals surface area contributed by atoms with Crippen molar-refractivity contribution in [1.29, 1.82) is 0 Å². The smallest absolute Gasteiger partial charge is 0.391 e. The summed E-state index contributed by atoms with van der Waals surface area (Å²) < 4.78 is 17.0. The molecule has 0 spiro atoms. The molecule has 0 unspecified atom stereocenters. The molecule has 0 bridgehead atoms. The fourth-order valence-corrected chi connectivity index (χ4v) is 2.93. The highest BCUT2D eigenvalue weighted by Crippen LogP contribution is 2.37. The molecule has 5 nitrogen and oxygen atoms in total. The van der Waals surface area contributed by atoms with Crippen LogP contribution in [0.2, 0.25) is 0 Å². The number of fused-ring (bicyclic) bond motifs is 1. The molecule has 0 amide bonds. The lowest BCUT2D eigenvalue weighted by molar-refractivity contribution is 0.378. The molecule has 0 atom stereocenters. The van der Waals surface area contributed by atoms with Crippen LogP contribution in [0.15, 0.2) is 63.8 Å². The standard InChI is InChI=1S/C15H11O5P/c16-14-11-8-4-5-9-12(11)20-15(21(17,18)19)13(14)10-6-2-1-3-7-10/h1-9H,(H2,17,18,19). The van der Waals surface area contributed by atoms with E-state index in [1.807, 2.05) is 0 Å². The van der Waals surface area contributed by atoms with Gasteiger partial charge in [-0.25, -0.2) is 0 Å². The molecule has 0 fully saturated rings. The molecule has 1 heterocycles. The summed E-state index contributed by atoms with van der Waals surface area (Å²) in [6, 6.07) is 14.7. The highest BCUT2D eigenvalue weighted by molar-refractivity contribution is 7.60. The average Bonchev–Trinajstić information content (AvgIpc) is 2.47. The first-order valence-corrected chi connectivity index (χ1v) is 7.77. The molecule has 2 N–H and O–H groups in total. The molecule has 21 heavy (non-hydrogen) atoms. The normalized spacial score (nSPS) is 11.7. The molecule has 0 aliphatic heterocycles. The minimum atomic E-state index is -4.72. The molecular weight excluding hydrogens is 291 g/mol. The minimum absolute atomic E-state index is 0.0948. The van der Waals surface area contributed by atoms with Crippen molar-refractivity contribution in [3.8, 4) is 11.1 Å². The first-order valence-electron chi connectivity index (χ1n) is 6.16. The zero-order valence-corrected chi connectivity index (χ0v) is 11.7. The number of para-hydroxylation sites is 1. The molecule has 1 aromatic heterocycles. The van der Waals surface area contributed by atoms with E-state index in [0.717, 1.165) is 0 Å². The van der Waals surface area contributed by atoms with Gasteiger partial charge in [-0.3, -0.25) is 9.36 Å². The van der Waals surface area contributed by atoms with E-state index in [1.165, 1.54) is 6.07 Å². The molecule has 6 heteroatoms. The van der Waals surface area contributed by atoms with Crippen LogP contribution < -0.4 is 10.9 Å². The zero-order chi connectivity index (χ0) is 15.0. The lowest BCUT2D eigenvalue weighted by Gasteiger charge is -2.10. The van der Waals surface area contributed by atoms with Crippen LogP contribution in [-0.4, -0.2) is 9.79 Å². The molecule has 0 saturated carbocycles. The van der Waals surface area contributed by atoms with Gasteiger partial charge in [0, 0.05) is 0 Å². The number of benzene rings is 2. The predicted molar refractivity (Wildman–Crippen MR) is 79.6 cm³/mol. The molecule has 0 aliphatic rings.